The van der Waals surface area contributed by atoms with Crippen molar-refractivity contribution in [1.29, 1.82) is 0 Å². The first-order valence-electron chi connectivity index (χ1n) is 9.27. The largest absolute Gasteiger partial charge is 0.377 e. The normalized spacial score (nSPS) is 17.4. The van der Waals surface area contributed by atoms with E-state index in [1.165, 1.54) is 34.8 Å². The average molecular weight is 514 g/mol. The van der Waals surface area contributed by atoms with E-state index < -0.39 is 22.0 Å². The third-order valence-electron chi connectivity index (χ3n) is 4.77. The fourth-order valence-corrected chi connectivity index (χ4v) is 5.78. The Hall–Kier alpha value is -1.94. The molecule has 1 saturated heterocycles. The van der Waals surface area contributed by atoms with Crippen molar-refractivity contribution < 1.29 is 13.2 Å². The van der Waals surface area contributed by atoms with Gasteiger partial charge in [0.1, 0.15) is 6.04 Å². The number of sulfonamides is 1. The molecular formula is C20H22BrClN4O3S. The first-order valence-corrected chi connectivity index (χ1v) is 11.9. The summed E-state index contributed by atoms with van der Waals surface area (Å²) in [7, 11) is 0.0937. The van der Waals surface area contributed by atoms with Crippen LogP contribution in [0.25, 0.3) is 0 Å². The van der Waals surface area contributed by atoms with Crippen molar-refractivity contribution in [1.82, 2.24) is 9.73 Å². The van der Waals surface area contributed by atoms with Gasteiger partial charge in [0, 0.05) is 30.1 Å². The zero-order valence-electron chi connectivity index (χ0n) is 16.5. The van der Waals surface area contributed by atoms with Crippen molar-refractivity contribution in [3.05, 3.63) is 57.5 Å². The van der Waals surface area contributed by atoms with Gasteiger partial charge in [-0.1, -0.05) is 17.7 Å². The van der Waals surface area contributed by atoms with Gasteiger partial charge in [0.05, 0.1) is 16.8 Å². The summed E-state index contributed by atoms with van der Waals surface area (Å²) in [6, 6.07) is 10.8. The molecule has 2 aromatic carbocycles. The van der Waals surface area contributed by atoms with Gasteiger partial charge in [-0.3, -0.25) is 4.79 Å². The number of hydrogen-bond acceptors (Lipinski definition) is 5. The zero-order chi connectivity index (χ0) is 21.9. The third kappa shape index (κ3) is 5.03. The molecule has 1 aliphatic rings. The molecule has 30 heavy (non-hydrogen) atoms. The number of amides is 1. The third-order valence-corrected chi connectivity index (χ3v) is 7.58. The van der Waals surface area contributed by atoms with Gasteiger partial charge in [-0.25, -0.2) is 13.8 Å². The quantitative estimate of drug-likeness (QED) is 0.474. The highest BCUT2D eigenvalue weighted by atomic mass is 79.9. The van der Waals surface area contributed by atoms with Crippen molar-refractivity contribution in [3.8, 4) is 0 Å². The molecule has 0 aliphatic carbocycles. The lowest BCUT2D eigenvalue weighted by atomic mass is 10.2. The van der Waals surface area contributed by atoms with Crippen LogP contribution in [-0.4, -0.2) is 51.5 Å². The zero-order valence-corrected chi connectivity index (χ0v) is 19.7. The smallest absolute Gasteiger partial charge is 0.258 e. The summed E-state index contributed by atoms with van der Waals surface area (Å²) in [5.74, 6) is -0.453. The Kier molecular flexibility index (Phi) is 7.18. The number of halogens is 2. The topological polar surface area (TPSA) is 82.1 Å². The van der Waals surface area contributed by atoms with E-state index in [9.17, 15) is 13.2 Å². The molecule has 1 aliphatic heterocycles. The summed E-state index contributed by atoms with van der Waals surface area (Å²) >= 11 is 9.35. The van der Waals surface area contributed by atoms with Crippen LogP contribution in [0, 0.1) is 0 Å². The Labute approximate surface area is 189 Å². The number of anilines is 1. The van der Waals surface area contributed by atoms with E-state index >= 15 is 0 Å². The van der Waals surface area contributed by atoms with Crippen LogP contribution < -0.4 is 10.3 Å². The molecular weight excluding hydrogens is 492 g/mol. The van der Waals surface area contributed by atoms with Gasteiger partial charge in [0.25, 0.3) is 5.91 Å². The van der Waals surface area contributed by atoms with Gasteiger partial charge in [0.2, 0.25) is 10.0 Å². The van der Waals surface area contributed by atoms with Gasteiger partial charge >= 0.3 is 0 Å². The van der Waals surface area contributed by atoms with Gasteiger partial charge in [0.15, 0.2) is 0 Å². The monoisotopic (exact) mass is 512 g/mol. The molecule has 3 rings (SSSR count). The summed E-state index contributed by atoms with van der Waals surface area (Å²) in [6.07, 6.45) is 2.57. The van der Waals surface area contributed by atoms with E-state index in [4.69, 9.17) is 11.6 Å². The standard InChI is InChI=1S/C20H22BrClN4O3S/c1-25(2)18-10-5-14(12-17(18)21)13-23-24-20(27)19-4-3-11-26(19)30(28,29)16-8-6-15(22)7-9-16/h5-10,12-13,19H,3-4,11H2,1-2H3,(H,24,27)/b23-13-/t19-/m1/s1. The molecule has 0 aromatic heterocycles. The Bertz CT molecular complexity index is 1060. The van der Waals surface area contributed by atoms with Crippen LogP contribution in [-0.2, 0) is 14.8 Å². The number of rotatable bonds is 6. The van der Waals surface area contributed by atoms with Gasteiger partial charge in [-0.05, 0) is 70.7 Å². The number of carbonyl (C=O) groups is 1. The highest BCUT2D eigenvalue weighted by Gasteiger charge is 2.39. The molecule has 10 heteroatoms. The SMILES string of the molecule is CN(C)c1ccc(/C=N\NC(=O)[C@H]2CCCN2S(=O)(=O)c2ccc(Cl)cc2)cc1Br. The maximum atomic E-state index is 12.9. The molecule has 160 valence electrons. The lowest BCUT2D eigenvalue weighted by Gasteiger charge is -2.22. The molecule has 0 unspecified atom stereocenters. The molecule has 2 aromatic rings. The number of nitrogens with one attached hydrogen (secondary N) is 1. The maximum absolute atomic E-state index is 12.9. The minimum atomic E-state index is -3.79. The molecule has 0 bridgehead atoms. The van der Waals surface area contributed by atoms with E-state index in [2.05, 4.69) is 26.5 Å². The lowest BCUT2D eigenvalue weighted by molar-refractivity contribution is -0.124. The van der Waals surface area contributed by atoms with Crippen LogP contribution in [0.1, 0.15) is 18.4 Å². The summed E-state index contributed by atoms with van der Waals surface area (Å²) in [6.45, 7) is 0.283. The lowest BCUT2D eigenvalue weighted by Crippen LogP contribution is -2.44. The van der Waals surface area contributed by atoms with Crippen LogP contribution >= 0.6 is 27.5 Å². The first kappa shape index (κ1) is 22.7. The Balaban J connectivity index is 1.69. The second-order valence-corrected chi connectivity index (χ2v) is 10.2. The Morgan fingerprint density at radius 2 is 1.97 bits per heavy atom. The summed E-state index contributed by atoms with van der Waals surface area (Å²) in [5, 5.41) is 4.45. The average Bonchev–Trinajstić information content (AvgIpc) is 3.19. The molecule has 0 radical (unpaired) electrons. The second-order valence-electron chi connectivity index (χ2n) is 7.07. The fourth-order valence-electron chi connectivity index (χ4n) is 3.24. The van der Waals surface area contributed by atoms with Crippen LogP contribution in [0.3, 0.4) is 0 Å². The molecule has 1 amide bonds. The van der Waals surface area contributed by atoms with Crippen molar-refractivity contribution in [2.45, 2.75) is 23.8 Å². The summed E-state index contributed by atoms with van der Waals surface area (Å²) in [4.78, 5) is 14.7. The second kappa shape index (κ2) is 9.47. The molecule has 1 N–H and O–H groups in total. The van der Waals surface area contributed by atoms with Crippen molar-refractivity contribution in [2.24, 2.45) is 5.10 Å². The molecule has 1 heterocycles. The molecule has 7 nitrogen and oxygen atoms in total. The van der Waals surface area contributed by atoms with Crippen LogP contribution in [0.4, 0.5) is 5.69 Å². The molecule has 1 fully saturated rings. The number of carbonyl (C=O) groups excluding carboxylic acids is 1. The van der Waals surface area contributed by atoms with Crippen molar-refractivity contribution in [3.63, 3.8) is 0 Å². The van der Waals surface area contributed by atoms with Crippen molar-refractivity contribution >= 4 is 55.4 Å². The van der Waals surface area contributed by atoms with E-state index in [0.717, 1.165) is 15.7 Å². The van der Waals surface area contributed by atoms with Gasteiger partial charge in [-0.15, -0.1) is 0 Å². The fraction of sp³-hybridized carbons (Fsp3) is 0.300. The van der Waals surface area contributed by atoms with Gasteiger partial charge in [-0.2, -0.15) is 9.41 Å². The molecule has 0 spiro atoms. The number of hydrogen-bond donors (Lipinski definition) is 1. The predicted octanol–water partition coefficient (Wildman–Crippen LogP) is 3.47. The molecule has 1 atom stereocenters. The minimum absolute atomic E-state index is 0.112. The first-order chi connectivity index (χ1) is 14.2. The Morgan fingerprint density at radius 1 is 1.27 bits per heavy atom. The van der Waals surface area contributed by atoms with Crippen LogP contribution in [0.5, 0.6) is 0 Å². The van der Waals surface area contributed by atoms with Gasteiger partial charge < -0.3 is 4.90 Å². The van der Waals surface area contributed by atoms with E-state index in [-0.39, 0.29) is 11.4 Å². The maximum Gasteiger partial charge on any atom is 0.258 e. The highest BCUT2D eigenvalue weighted by molar-refractivity contribution is 9.10. The van der Waals surface area contributed by atoms with Crippen molar-refractivity contribution in [2.75, 3.05) is 25.5 Å². The minimum Gasteiger partial charge on any atom is -0.377 e. The highest BCUT2D eigenvalue weighted by Crippen LogP contribution is 2.27. The van der Waals surface area contributed by atoms with E-state index in [1.807, 2.05) is 37.2 Å². The number of benzene rings is 2. The summed E-state index contributed by atoms with van der Waals surface area (Å²) in [5.41, 5.74) is 4.28. The molecule has 0 saturated carbocycles. The van der Waals surface area contributed by atoms with E-state index in [0.29, 0.717) is 17.9 Å². The van der Waals surface area contributed by atoms with E-state index in [1.54, 1.807) is 0 Å². The van der Waals surface area contributed by atoms with Crippen LogP contribution in [0.2, 0.25) is 5.02 Å². The number of hydrazone groups is 1. The van der Waals surface area contributed by atoms with Crippen LogP contribution in [0.15, 0.2) is 56.9 Å². The Morgan fingerprint density at radius 3 is 2.60 bits per heavy atom. The summed E-state index contributed by atoms with van der Waals surface area (Å²) < 4.78 is 28.0. The predicted molar refractivity (Wildman–Crippen MR) is 123 cm³/mol. The number of nitrogens with zero attached hydrogens (tertiary/aromatic N) is 3.